The van der Waals surface area contributed by atoms with E-state index in [9.17, 15) is 4.79 Å². The minimum atomic E-state index is -0.950. The Morgan fingerprint density at radius 1 is 1.45 bits per heavy atom. The van der Waals surface area contributed by atoms with Crippen LogP contribution in [0.3, 0.4) is 0 Å². The average molecular weight is 203 g/mol. The van der Waals surface area contributed by atoms with Crippen molar-refractivity contribution in [1.29, 1.82) is 0 Å². The van der Waals surface area contributed by atoms with Gasteiger partial charge in [-0.05, 0) is 0 Å². The van der Waals surface area contributed by atoms with Crippen LogP contribution >= 0.6 is 0 Å². The number of hydrogen-bond acceptors (Lipinski definition) is 2. The molecule has 3 nitrogen and oxygen atoms in total. The van der Waals surface area contributed by atoms with Crippen LogP contribution in [0.15, 0.2) is 24.3 Å². The molecule has 0 aliphatic heterocycles. The number of aromatic carboxylic acids is 1. The van der Waals surface area contributed by atoms with E-state index < -0.39 is 5.97 Å². The molecule has 4 heteroatoms. The Morgan fingerprint density at radius 2 is 2.09 bits per heavy atom. The third kappa shape index (κ3) is 1.78. The van der Waals surface area contributed by atoms with Crippen molar-refractivity contribution in [1.82, 2.24) is 0 Å². The molecule has 0 saturated carbocycles. The Balaban J connectivity index is 3.12. The summed E-state index contributed by atoms with van der Waals surface area (Å²) >= 11 is 0.601. The van der Waals surface area contributed by atoms with Gasteiger partial charge in [-0.25, -0.2) is 0 Å². The molecule has 11 heavy (non-hydrogen) atoms. The van der Waals surface area contributed by atoms with Gasteiger partial charge in [0.15, 0.2) is 0 Å². The van der Waals surface area contributed by atoms with Crippen molar-refractivity contribution in [2.45, 2.75) is 0 Å². The summed E-state index contributed by atoms with van der Waals surface area (Å²) in [5.74, 6) is -0.506. The van der Waals surface area contributed by atoms with Crippen molar-refractivity contribution in [2.24, 2.45) is 0 Å². The fraction of sp³-hybridized carbons (Fsp3) is 0. The normalized spacial score (nSPS) is 9.27. The standard InChI is InChI=1S/C7H6O3.Zn/c8-6-4-2-1-3-5(6)7(9)10;/h1-4,8H,(H,9,10);/q;+1/p-1. The second-order valence-electron chi connectivity index (χ2n) is 1.95. The molecule has 0 radical (unpaired) electrons. The van der Waals surface area contributed by atoms with E-state index in [0.717, 1.165) is 0 Å². The van der Waals surface area contributed by atoms with Gasteiger partial charge < -0.3 is 0 Å². The van der Waals surface area contributed by atoms with Crippen molar-refractivity contribution >= 4 is 5.97 Å². The second-order valence-corrected chi connectivity index (χ2v) is 2.55. The van der Waals surface area contributed by atoms with E-state index in [4.69, 9.17) is 8.67 Å². The van der Waals surface area contributed by atoms with Crippen LogP contribution in [0.25, 0.3) is 0 Å². The maximum atomic E-state index is 10.5. The van der Waals surface area contributed by atoms with Gasteiger partial charge in [0.05, 0.1) is 0 Å². The van der Waals surface area contributed by atoms with Gasteiger partial charge in [0, 0.05) is 0 Å². The van der Waals surface area contributed by atoms with Crippen molar-refractivity contribution in [3.63, 3.8) is 0 Å². The first-order valence-corrected chi connectivity index (χ1v) is 4.21. The molecule has 0 spiro atoms. The molecule has 0 saturated heterocycles. The second kappa shape index (κ2) is 3.49. The van der Waals surface area contributed by atoms with E-state index in [1.807, 2.05) is 0 Å². The molecule has 0 heterocycles. The van der Waals surface area contributed by atoms with Crippen molar-refractivity contribution in [3.05, 3.63) is 29.8 Å². The average Bonchev–Trinajstić information content (AvgIpc) is 2.04. The Kier molecular flexibility index (Phi) is 2.60. The first-order valence-electron chi connectivity index (χ1n) is 3.00. The Bertz CT molecular complexity index is 272. The van der Waals surface area contributed by atoms with Gasteiger partial charge in [-0.1, -0.05) is 0 Å². The first-order chi connectivity index (χ1) is 5.25. The van der Waals surface area contributed by atoms with Crippen LogP contribution in [0.4, 0.5) is 0 Å². The molecule has 0 aromatic heterocycles. The van der Waals surface area contributed by atoms with Crippen LogP contribution in [0.1, 0.15) is 10.4 Å². The molecule has 0 amide bonds. The number of carboxylic acids is 1. The fourth-order valence-corrected chi connectivity index (χ4v) is 1.30. The van der Waals surface area contributed by atoms with Gasteiger partial charge in [-0.2, -0.15) is 0 Å². The van der Waals surface area contributed by atoms with Crippen LogP contribution in [0.5, 0.6) is 5.75 Å². The Morgan fingerprint density at radius 3 is 2.55 bits per heavy atom. The maximum absolute atomic E-state index is 10.5. The third-order valence-corrected chi connectivity index (χ3v) is 1.93. The molecule has 0 aliphatic carbocycles. The molecule has 53 valence electrons. The molecule has 0 aliphatic rings. The van der Waals surface area contributed by atoms with Gasteiger partial charge in [-0.3, -0.25) is 0 Å². The SMILES string of the molecule is O=C(O)c1ccccc1[O][Zn]. The van der Waals surface area contributed by atoms with Gasteiger partial charge in [0.25, 0.3) is 0 Å². The molecular weight excluding hydrogens is 197 g/mol. The summed E-state index contributed by atoms with van der Waals surface area (Å²) < 4.78 is 4.95. The number of carboxylic acid groups (broad SMARTS) is 1. The Labute approximate surface area is 74.1 Å². The van der Waals surface area contributed by atoms with Crippen LogP contribution in [-0.4, -0.2) is 11.1 Å². The molecule has 0 bridgehead atoms. The summed E-state index contributed by atoms with van der Waals surface area (Å²) in [6, 6.07) is 6.59. The first kappa shape index (κ1) is 8.21. The predicted molar refractivity (Wildman–Crippen MR) is 34.0 cm³/mol. The van der Waals surface area contributed by atoms with Gasteiger partial charge in [-0.15, -0.1) is 0 Å². The van der Waals surface area contributed by atoms with E-state index in [1.54, 1.807) is 18.2 Å². The summed E-state index contributed by atoms with van der Waals surface area (Å²) in [7, 11) is 0. The van der Waals surface area contributed by atoms with Gasteiger partial charge in [0.2, 0.25) is 0 Å². The number of benzene rings is 1. The zero-order chi connectivity index (χ0) is 8.27. The number of rotatable bonds is 2. The van der Waals surface area contributed by atoms with E-state index in [0.29, 0.717) is 24.4 Å². The summed E-state index contributed by atoms with van der Waals surface area (Å²) in [6.07, 6.45) is 0. The molecule has 1 rings (SSSR count). The molecule has 1 N–H and O–H groups in total. The molecule has 1 aromatic rings. The molecule has 0 fully saturated rings. The Hall–Kier alpha value is -0.887. The molecule has 0 atom stereocenters. The zero-order valence-corrected chi connectivity index (χ0v) is 8.75. The summed E-state index contributed by atoms with van der Waals surface area (Å²) in [6.45, 7) is 0. The zero-order valence-electron chi connectivity index (χ0n) is 5.78. The van der Waals surface area contributed by atoms with Crippen LogP contribution in [0, 0.1) is 0 Å². The van der Waals surface area contributed by atoms with Gasteiger partial charge >= 0.3 is 73.7 Å². The van der Waals surface area contributed by atoms with Crippen molar-refractivity contribution in [3.8, 4) is 5.75 Å². The number of para-hydroxylation sites is 1. The van der Waals surface area contributed by atoms with E-state index in [1.165, 1.54) is 6.07 Å². The fourth-order valence-electron chi connectivity index (χ4n) is 0.769. The summed E-state index contributed by atoms with van der Waals surface area (Å²) in [4.78, 5) is 10.5. The monoisotopic (exact) mass is 201 g/mol. The summed E-state index contributed by atoms with van der Waals surface area (Å²) in [5, 5.41) is 8.63. The van der Waals surface area contributed by atoms with Crippen LogP contribution in [-0.2, 0) is 18.7 Å². The van der Waals surface area contributed by atoms with E-state index in [-0.39, 0.29) is 5.56 Å². The van der Waals surface area contributed by atoms with Crippen molar-refractivity contribution in [2.75, 3.05) is 0 Å². The topological polar surface area (TPSA) is 46.5 Å². The molecule has 0 unspecified atom stereocenters. The van der Waals surface area contributed by atoms with E-state index in [2.05, 4.69) is 0 Å². The predicted octanol–water partition coefficient (Wildman–Crippen LogP) is 1.23. The van der Waals surface area contributed by atoms with Gasteiger partial charge in [0.1, 0.15) is 0 Å². The third-order valence-electron chi connectivity index (χ3n) is 1.27. The van der Waals surface area contributed by atoms with Crippen molar-refractivity contribution < 1.29 is 32.1 Å². The van der Waals surface area contributed by atoms with E-state index >= 15 is 0 Å². The minimum absolute atomic E-state index is 0.221. The number of carbonyl (C=O) groups is 1. The summed E-state index contributed by atoms with van der Waals surface area (Å²) in [5.41, 5.74) is 0.221. The molecular formula is C7H5O3Zn. The molecule has 1 aromatic carbocycles. The van der Waals surface area contributed by atoms with Crippen LogP contribution < -0.4 is 3.56 Å². The van der Waals surface area contributed by atoms with Crippen LogP contribution in [0.2, 0.25) is 0 Å². The number of hydrogen-bond donors (Lipinski definition) is 1. The quantitative estimate of drug-likeness (QED) is 0.734.